The number of benzene rings is 1. The van der Waals surface area contributed by atoms with Crippen LogP contribution in [0.4, 0.5) is 0 Å². The molecule has 2 aromatic heterocycles. The second-order valence-electron chi connectivity index (χ2n) is 4.36. The number of ether oxygens (including phenoxy) is 1. The van der Waals surface area contributed by atoms with E-state index < -0.39 is 0 Å². The molecule has 0 aliphatic rings. The summed E-state index contributed by atoms with van der Waals surface area (Å²) in [5, 5.41) is 0.934. The van der Waals surface area contributed by atoms with Gasteiger partial charge in [0.05, 0.1) is 16.3 Å². The van der Waals surface area contributed by atoms with Gasteiger partial charge in [-0.05, 0) is 31.2 Å². The Balaban J connectivity index is 1.74. The zero-order chi connectivity index (χ0) is 14.8. The number of oxazole rings is 1. The quantitative estimate of drug-likeness (QED) is 0.667. The summed E-state index contributed by atoms with van der Waals surface area (Å²) >= 11 is 11.8. The standard InChI is InChI=1S/C15H11Cl2NO3/c1-9-13(18-15(21-9)14-3-2-6-19-14)8-20-10-4-5-11(16)12(17)7-10/h2-7H,8H2,1H3. The van der Waals surface area contributed by atoms with Crippen molar-refractivity contribution in [3.8, 4) is 17.4 Å². The maximum Gasteiger partial charge on any atom is 0.263 e. The summed E-state index contributed by atoms with van der Waals surface area (Å²) in [5.74, 6) is 2.32. The third kappa shape index (κ3) is 3.06. The smallest absolute Gasteiger partial charge is 0.263 e. The number of aryl methyl sites for hydroxylation is 1. The monoisotopic (exact) mass is 323 g/mol. The van der Waals surface area contributed by atoms with E-state index in [-0.39, 0.29) is 6.61 Å². The number of aromatic nitrogens is 1. The van der Waals surface area contributed by atoms with Crippen LogP contribution in [0, 0.1) is 6.92 Å². The predicted molar refractivity (Wildman–Crippen MR) is 79.7 cm³/mol. The van der Waals surface area contributed by atoms with E-state index in [2.05, 4.69) is 4.98 Å². The van der Waals surface area contributed by atoms with E-state index in [4.69, 9.17) is 36.8 Å². The van der Waals surface area contributed by atoms with Crippen LogP contribution in [0.5, 0.6) is 5.75 Å². The van der Waals surface area contributed by atoms with Crippen molar-refractivity contribution in [2.45, 2.75) is 13.5 Å². The highest BCUT2D eigenvalue weighted by molar-refractivity contribution is 6.42. The topological polar surface area (TPSA) is 48.4 Å². The van der Waals surface area contributed by atoms with Gasteiger partial charge in [-0.25, -0.2) is 4.98 Å². The second kappa shape index (κ2) is 5.84. The van der Waals surface area contributed by atoms with Gasteiger partial charge in [-0.2, -0.15) is 0 Å². The van der Waals surface area contributed by atoms with E-state index >= 15 is 0 Å². The fourth-order valence-corrected chi connectivity index (χ4v) is 2.07. The van der Waals surface area contributed by atoms with E-state index in [1.807, 2.05) is 6.92 Å². The zero-order valence-corrected chi connectivity index (χ0v) is 12.6. The number of halogens is 2. The Hall–Kier alpha value is -1.91. The SMILES string of the molecule is Cc1oc(-c2ccco2)nc1COc1ccc(Cl)c(Cl)c1. The molecule has 1 aromatic carbocycles. The van der Waals surface area contributed by atoms with Crippen LogP contribution in [0.1, 0.15) is 11.5 Å². The van der Waals surface area contributed by atoms with Crippen LogP contribution in [0.15, 0.2) is 45.4 Å². The first kappa shape index (κ1) is 14.0. The Labute approximate surface area is 131 Å². The molecule has 3 rings (SSSR count). The van der Waals surface area contributed by atoms with Crippen LogP contribution in [0.25, 0.3) is 11.7 Å². The molecular formula is C15H11Cl2NO3. The highest BCUT2D eigenvalue weighted by atomic mass is 35.5. The molecule has 0 radical (unpaired) electrons. The van der Waals surface area contributed by atoms with Crippen LogP contribution < -0.4 is 4.74 Å². The molecule has 21 heavy (non-hydrogen) atoms. The Bertz CT molecular complexity index is 750. The van der Waals surface area contributed by atoms with Gasteiger partial charge in [0.15, 0.2) is 5.76 Å². The van der Waals surface area contributed by atoms with Crippen LogP contribution in [-0.4, -0.2) is 4.98 Å². The maximum absolute atomic E-state index is 5.94. The molecule has 0 amide bonds. The molecule has 6 heteroatoms. The molecule has 108 valence electrons. The fraction of sp³-hybridized carbons (Fsp3) is 0.133. The van der Waals surface area contributed by atoms with E-state index in [9.17, 15) is 0 Å². The summed E-state index contributed by atoms with van der Waals surface area (Å²) in [5.41, 5.74) is 0.701. The van der Waals surface area contributed by atoms with Crippen molar-refractivity contribution in [1.82, 2.24) is 4.98 Å². The molecule has 4 nitrogen and oxygen atoms in total. The molecule has 0 atom stereocenters. The van der Waals surface area contributed by atoms with Gasteiger partial charge in [0.25, 0.3) is 5.89 Å². The van der Waals surface area contributed by atoms with E-state index in [1.54, 1.807) is 36.6 Å². The summed E-state index contributed by atoms with van der Waals surface area (Å²) in [4.78, 5) is 4.36. The van der Waals surface area contributed by atoms with Gasteiger partial charge in [0.1, 0.15) is 23.8 Å². The first-order valence-corrected chi connectivity index (χ1v) is 6.97. The minimum atomic E-state index is 0.272. The van der Waals surface area contributed by atoms with Gasteiger partial charge in [0, 0.05) is 6.07 Å². The Kier molecular flexibility index (Phi) is 3.90. The van der Waals surface area contributed by atoms with E-state index in [0.717, 1.165) is 0 Å². The van der Waals surface area contributed by atoms with Crippen molar-refractivity contribution >= 4 is 23.2 Å². The first-order chi connectivity index (χ1) is 10.1. The molecular weight excluding hydrogens is 313 g/mol. The molecule has 3 aromatic rings. The predicted octanol–water partition coefficient (Wildman–Crippen LogP) is 5.13. The van der Waals surface area contributed by atoms with Crippen molar-refractivity contribution < 1.29 is 13.6 Å². The average molecular weight is 324 g/mol. The van der Waals surface area contributed by atoms with Crippen LogP contribution in [-0.2, 0) is 6.61 Å². The Morgan fingerprint density at radius 1 is 1.19 bits per heavy atom. The van der Waals surface area contributed by atoms with Crippen molar-refractivity contribution in [3.63, 3.8) is 0 Å². The molecule has 0 spiro atoms. The lowest BCUT2D eigenvalue weighted by Crippen LogP contribution is -1.97. The van der Waals surface area contributed by atoms with Gasteiger partial charge in [-0.1, -0.05) is 23.2 Å². The average Bonchev–Trinajstić information content (AvgIpc) is 3.10. The largest absolute Gasteiger partial charge is 0.487 e. The number of furan rings is 1. The van der Waals surface area contributed by atoms with Crippen molar-refractivity contribution in [3.05, 3.63) is 58.1 Å². The van der Waals surface area contributed by atoms with Gasteiger partial charge >= 0.3 is 0 Å². The highest BCUT2D eigenvalue weighted by Crippen LogP contribution is 2.27. The summed E-state index contributed by atoms with van der Waals surface area (Å²) in [6, 6.07) is 8.66. The number of nitrogens with zero attached hydrogens (tertiary/aromatic N) is 1. The Morgan fingerprint density at radius 2 is 2.05 bits per heavy atom. The highest BCUT2D eigenvalue weighted by Gasteiger charge is 2.14. The molecule has 0 unspecified atom stereocenters. The second-order valence-corrected chi connectivity index (χ2v) is 5.18. The third-order valence-electron chi connectivity index (χ3n) is 2.89. The van der Waals surface area contributed by atoms with Gasteiger partial charge in [0.2, 0.25) is 0 Å². The molecule has 0 aliphatic carbocycles. The zero-order valence-electron chi connectivity index (χ0n) is 11.1. The first-order valence-electron chi connectivity index (χ1n) is 6.21. The summed E-state index contributed by atoms with van der Waals surface area (Å²) < 4.78 is 16.5. The molecule has 0 saturated carbocycles. The maximum atomic E-state index is 5.94. The molecule has 0 saturated heterocycles. The minimum Gasteiger partial charge on any atom is -0.487 e. The molecule has 0 aliphatic heterocycles. The van der Waals surface area contributed by atoms with Crippen molar-refractivity contribution in [2.75, 3.05) is 0 Å². The number of hydrogen-bond donors (Lipinski definition) is 0. The van der Waals surface area contributed by atoms with Crippen LogP contribution in [0.2, 0.25) is 10.0 Å². The summed E-state index contributed by atoms with van der Waals surface area (Å²) in [7, 11) is 0. The number of hydrogen-bond acceptors (Lipinski definition) is 4. The van der Waals surface area contributed by atoms with Gasteiger partial charge in [-0.3, -0.25) is 0 Å². The van der Waals surface area contributed by atoms with Gasteiger partial charge < -0.3 is 13.6 Å². The van der Waals surface area contributed by atoms with Crippen LogP contribution in [0.3, 0.4) is 0 Å². The van der Waals surface area contributed by atoms with Crippen molar-refractivity contribution in [2.24, 2.45) is 0 Å². The fourth-order valence-electron chi connectivity index (χ4n) is 1.79. The molecule has 0 fully saturated rings. The normalized spacial score (nSPS) is 10.8. The molecule has 0 bridgehead atoms. The van der Waals surface area contributed by atoms with E-state index in [0.29, 0.717) is 38.9 Å². The van der Waals surface area contributed by atoms with Crippen LogP contribution >= 0.6 is 23.2 Å². The lowest BCUT2D eigenvalue weighted by Gasteiger charge is -2.05. The summed E-state index contributed by atoms with van der Waals surface area (Å²) in [6.07, 6.45) is 1.57. The lowest BCUT2D eigenvalue weighted by molar-refractivity contribution is 0.299. The number of rotatable bonds is 4. The van der Waals surface area contributed by atoms with Gasteiger partial charge in [-0.15, -0.1) is 0 Å². The molecule has 0 N–H and O–H groups in total. The Morgan fingerprint density at radius 3 is 2.76 bits per heavy atom. The summed E-state index contributed by atoms with van der Waals surface area (Å²) in [6.45, 7) is 2.10. The minimum absolute atomic E-state index is 0.272. The lowest BCUT2D eigenvalue weighted by atomic mass is 10.3. The van der Waals surface area contributed by atoms with Crippen molar-refractivity contribution in [1.29, 1.82) is 0 Å². The molecule has 2 heterocycles. The van der Waals surface area contributed by atoms with E-state index in [1.165, 1.54) is 0 Å². The third-order valence-corrected chi connectivity index (χ3v) is 3.63.